The molecule has 0 heterocycles. The van der Waals surface area contributed by atoms with Crippen molar-refractivity contribution in [1.82, 2.24) is 0 Å². The summed E-state index contributed by atoms with van der Waals surface area (Å²) in [5.41, 5.74) is 6.48. The first kappa shape index (κ1) is 28.1. The molecular formula is C31H39NO5. The van der Waals surface area contributed by atoms with Crippen molar-refractivity contribution in [2.75, 3.05) is 31.2 Å². The number of unbranched alkanes of at least 4 members (excludes halogenated alkanes) is 1. The molecule has 0 aliphatic heterocycles. The predicted octanol–water partition coefficient (Wildman–Crippen LogP) is 7.37. The van der Waals surface area contributed by atoms with Gasteiger partial charge in [-0.15, -0.1) is 0 Å². The predicted molar refractivity (Wildman–Crippen MR) is 150 cm³/mol. The van der Waals surface area contributed by atoms with Gasteiger partial charge in [-0.05, 0) is 90.8 Å². The van der Waals surface area contributed by atoms with Crippen LogP contribution in [0.2, 0.25) is 0 Å². The second-order valence-electron chi connectivity index (χ2n) is 10.0. The van der Waals surface area contributed by atoms with Gasteiger partial charge < -0.3 is 24.6 Å². The maximum Gasteiger partial charge on any atom is 0.511 e. The van der Waals surface area contributed by atoms with E-state index in [0.29, 0.717) is 13.0 Å². The van der Waals surface area contributed by atoms with Crippen LogP contribution in [-0.4, -0.2) is 42.7 Å². The molecule has 0 spiro atoms. The van der Waals surface area contributed by atoms with Crippen LogP contribution in [0.5, 0.6) is 11.5 Å². The Morgan fingerprint density at radius 3 is 2.11 bits per heavy atom. The molecule has 6 heteroatoms. The quantitative estimate of drug-likeness (QED) is 0.161. The average molecular weight is 506 g/mol. The summed E-state index contributed by atoms with van der Waals surface area (Å²) in [6, 6.07) is 19.8. The van der Waals surface area contributed by atoms with Crippen LogP contribution in [0.3, 0.4) is 0 Å². The highest BCUT2D eigenvalue weighted by Gasteiger charge is 2.22. The molecular weight excluding hydrogens is 466 g/mol. The third-order valence-corrected chi connectivity index (χ3v) is 6.40. The molecule has 0 unspecified atom stereocenters. The number of anilines is 1. The molecule has 37 heavy (non-hydrogen) atoms. The number of rotatable bonds is 11. The first-order valence-electron chi connectivity index (χ1n) is 13.0. The van der Waals surface area contributed by atoms with Crippen LogP contribution in [-0.2, 0) is 5.41 Å². The summed E-state index contributed by atoms with van der Waals surface area (Å²) in [6.07, 6.45) is 0.141. The number of hydrogen-bond acceptors (Lipinski definition) is 5. The van der Waals surface area contributed by atoms with Crippen molar-refractivity contribution in [3.63, 3.8) is 0 Å². The lowest BCUT2D eigenvalue weighted by molar-refractivity contribution is 0.144. The van der Waals surface area contributed by atoms with Crippen LogP contribution < -0.4 is 14.4 Å². The molecule has 0 atom stereocenters. The Morgan fingerprint density at radius 1 is 0.865 bits per heavy atom. The molecule has 3 aromatic rings. The Hall–Kier alpha value is -3.51. The van der Waals surface area contributed by atoms with Gasteiger partial charge >= 0.3 is 6.16 Å². The number of aliphatic hydroxyl groups is 1. The molecule has 3 aromatic carbocycles. The van der Waals surface area contributed by atoms with Crippen molar-refractivity contribution < 1.29 is 24.5 Å². The molecule has 0 fully saturated rings. The van der Waals surface area contributed by atoms with E-state index in [-0.39, 0.29) is 17.8 Å². The largest absolute Gasteiger partial charge is 0.511 e. The smallest absolute Gasteiger partial charge is 0.493 e. The molecule has 0 saturated heterocycles. The van der Waals surface area contributed by atoms with Crippen molar-refractivity contribution in [2.24, 2.45) is 0 Å². The molecule has 0 radical (unpaired) electrons. The number of hydrogen-bond donors (Lipinski definition) is 2. The van der Waals surface area contributed by atoms with Gasteiger partial charge in [0, 0.05) is 30.9 Å². The number of nitrogens with zero attached hydrogens (tertiary/aromatic N) is 1. The number of carbonyl (C=O) groups is 1. The van der Waals surface area contributed by atoms with E-state index in [1.807, 2.05) is 24.3 Å². The summed E-state index contributed by atoms with van der Waals surface area (Å²) in [5.74, 6) is 1.07. The van der Waals surface area contributed by atoms with Gasteiger partial charge in [0.1, 0.15) is 11.5 Å². The summed E-state index contributed by atoms with van der Waals surface area (Å²) in [4.78, 5) is 13.2. The SMILES string of the molecule is CCN(CC)c1ccc(-c2cc(-c3ccc(OC(=O)O)cc3)ccc2OCCCCO)cc1C(C)(C)C. The molecule has 0 aliphatic carbocycles. The van der Waals surface area contributed by atoms with Crippen molar-refractivity contribution in [2.45, 2.75) is 52.9 Å². The molecule has 2 N–H and O–H groups in total. The fourth-order valence-electron chi connectivity index (χ4n) is 4.42. The first-order chi connectivity index (χ1) is 17.7. The number of aliphatic hydroxyl groups excluding tert-OH is 1. The van der Waals surface area contributed by atoms with E-state index in [9.17, 15) is 4.79 Å². The number of carboxylic acid groups (broad SMARTS) is 1. The third-order valence-electron chi connectivity index (χ3n) is 6.40. The second-order valence-corrected chi connectivity index (χ2v) is 10.0. The first-order valence-corrected chi connectivity index (χ1v) is 13.0. The molecule has 3 rings (SSSR count). The highest BCUT2D eigenvalue weighted by Crippen LogP contribution is 2.40. The number of ether oxygens (including phenoxy) is 2. The monoisotopic (exact) mass is 505 g/mol. The van der Waals surface area contributed by atoms with Gasteiger partial charge in [-0.3, -0.25) is 0 Å². The maximum atomic E-state index is 10.8. The summed E-state index contributed by atoms with van der Waals surface area (Å²) in [7, 11) is 0. The van der Waals surface area contributed by atoms with Crippen LogP contribution in [0, 0.1) is 0 Å². The minimum atomic E-state index is -1.33. The van der Waals surface area contributed by atoms with Gasteiger partial charge in [0.25, 0.3) is 0 Å². The second kappa shape index (κ2) is 12.6. The Labute approximate surface area is 220 Å². The molecule has 0 saturated carbocycles. The molecule has 198 valence electrons. The van der Waals surface area contributed by atoms with Crippen LogP contribution >= 0.6 is 0 Å². The Bertz CT molecular complexity index is 1180. The zero-order valence-electron chi connectivity index (χ0n) is 22.6. The molecule has 0 bridgehead atoms. The van der Waals surface area contributed by atoms with E-state index in [1.54, 1.807) is 12.1 Å². The molecule has 0 amide bonds. The van der Waals surface area contributed by atoms with Crippen LogP contribution in [0.4, 0.5) is 10.5 Å². The Balaban J connectivity index is 2.09. The van der Waals surface area contributed by atoms with Crippen molar-refractivity contribution in [1.29, 1.82) is 0 Å². The Morgan fingerprint density at radius 2 is 1.51 bits per heavy atom. The maximum absolute atomic E-state index is 10.8. The van der Waals surface area contributed by atoms with E-state index < -0.39 is 6.16 Å². The van der Waals surface area contributed by atoms with Gasteiger partial charge in [-0.2, -0.15) is 0 Å². The standard InChI is InChI=1S/C31H39NO5/c1-6-32(7-2)28-16-12-24(21-27(28)31(3,4)5)26-20-23(13-17-29(26)36-19-9-8-18-33)22-10-14-25(15-11-22)37-30(34)35/h10-17,20-21,33H,6-9,18-19H2,1-5H3,(H,34,35). The van der Waals surface area contributed by atoms with Crippen LogP contribution in [0.1, 0.15) is 53.0 Å². The van der Waals surface area contributed by atoms with Gasteiger partial charge in [-0.1, -0.05) is 45.0 Å². The van der Waals surface area contributed by atoms with Gasteiger partial charge in [0.15, 0.2) is 0 Å². The van der Waals surface area contributed by atoms with Gasteiger partial charge in [0.05, 0.1) is 6.61 Å². The zero-order chi connectivity index (χ0) is 27.0. The van der Waals surface area contributed by atoms with Crippen molar-refractivity contribution in [3.8, 4) is 33.8 Å². The van der Waals surface area contributed by atoms with Crippen LogP contribution in [0.25, 0.3) is 22.3 Å². The van der Waals surface area contributed by atoms with Crippen molar-refractivity contribution in [3.05, 3.63) is 66.2 Å². The zero-order valence-corrected chi connectivity index (χ0v) is 22.6. The molecule has 0 aliphatic rings. The molecule has 6 nitrogen and oxygen atoms in total. The minimum absolute atomic E-state index is 0.0480. The summed E-state index contributed by atoms with van der Waals surface area (Å²) in [5, 5.41) is 18.0. The summed E-state index contributed by atoms with van der Waals surface area (Å²) < 4.78 is 10.9. The molecule has 0 aromatic heterocycles. The lowest BCUT2D eigenvalue weighted by Crippen LogP contribution is -2.26. The highest BCUT2D eigenvalue weighted by molar-refractivity contribution is 5.80. The van der Waals surface area contributed by atoms with Gasteiger partial charge in [-0.25, -0.2) is 4.79 Å². The van der Waals surface area contributed by atoms with Crippen LogP contribution in [0.15, 0.2) is 60.7 Å². The van der Waals surface area contributed by atoms with Gasteiger partial charge in [0.2, 0.25) is 0 Å². The lowest BCUT2D eigenvalue weighted by Gasteiger charge is -2.31. The third kappa shape index (κ3) is 7.26. The van der Waals surface area contributed by atoms with Crippen molar-refractivity contribution >= 4 is 11.8 Å². The summed E-state index contributed by atoms with van der Waals surface area (Å²) >= 11 is 0. The highest BCUT2D eigenvalue weighted by atomic mass is 16.7. The number of benzene rings is 3. The normalized spacial score (nSPS) is 11.3. The fraction of sp³-hybridized carbons (Fsp3) is 0.387. The van der Waals surface area contributed by atoms with E-state index in [2.05, 4.69) is 63.8 Å². The topological polar surface area (TPSA) is 79.2 Å². The fourth-order valence-corrected chi connectivity index (χ4v) is 4.42. The van der Waals surface area contributed by atoms with E-state index in [0.717, 1.165) is 47.5 Å². The van der Waals surface area contributed by atoms with E-state index in [4.69, 9.17) is 19.7 Å². The summed E-state index contributed by atoms with van der Waals surface area (Å²) in [6.45, 7) is 13.6. The van der Waals surface area contributed by atoms with E-state index in [1.165, 1.54) is 11.3 Å². The Kier molecular flexibility index (Phi) is 9.59. The average Bonchev–Trinajstić information content (AvgIpc) is 2.87. The lowest BCUT2D eigenvalue weighted by atomic mass is 9.83. The van der Waals surface area contributed by atoms with E-state index >= 15 is 0 Å². The minimum Gasteiger partial charge on any atom is -0.493 e.